The average molecular weight is 563 g/mol. The molecule has 0 aliphatic rings. The number of sulfonamides is 1. The zero-order valence-electron chi connectivity index (χ0n) is 20.1. The Balaban J connectivity index is 2.53. The molecule has 1 N–H and O–H groups in total. The second-order valence-electron chi connectivity index (χ2n) is 8.09. The van der Waals surface area contributed by atoms with Gasteiger partial charge in [0.1, 0.15) is 12.6 Å². The van der Waals surface area contributed by atoms with Crippen molar-refractivity contribution in [2.45, 2.75) is 46.2 Å². The van der Waals surface area contributed by atoms with Gasteiger partial charge in [0.25, 0.3) is 0 Å². The van der Waals surface area contributed by atoms with Crippen molar-refractivity contribution >= 4 is 62.3 Å². The van der Waals surface area contributed by atoms with Crippen molar-refractivity contribution in [3.8, 4) is 0 Å². The predicted molar refractivity (Wildman–Crippen MR) is 143 cm³/mol. The second-order valence-corrected chi connectivity index (χ2v) is 11.2. The fraction of sp³-hybridized carbons (Fsp3) is 0.417. The van der Waals surface area contributed by atoms with E-state index in [0.717, 1.165) is 17.0 Å². The summed E-state index contributed by atoms with van der Waals surface area (Å²) in [6.07, 6.45) is 2.04. The maximum absolute atomic E-state index is 13.7. The topological polar surface area (TPSA) is 86.8 Å². The number of anilines is 1. The summed E-state index contributed by atoms with van der Waals surface area (Å²) in [6.45, 7) is 5.22. The minimum Gasteiger partial charge on any atom is -0.354 e. The van der Waals surface area contributed by atoms with E-state index >= 15 is 0 Å². The molecule has 0 radical (unpaired) electrons. The molecule has 0 heterocycles. The number of amides is 2. The van der Waals surface area contributed by atoms with Crippen LogP contribution in [0.5, 0.6) is 0 Å². The molecule has 0 unspecified atom stereocenters. The molecule has 0 aromatic heterocycles. The van der Waals surface area contributed by atoms with Crippen LogP contribution in [0.2, 0.25) is 15.1 Å². The van der Waals surface area contributed by atoms with Gasteiger partial charge in [-0.25, -0.2) is 8.42 Å². The molecule has 7 nitrogen and oxygen atoms in total. The Morgan fingerprint density at radius 3 is 2.11 bits per heavy atom. The molecule has 2 aromatic rings. The van der Waals surface area contributed by atoms with Crippen LogP contribution in [0.15, 0.2) is 36.4 Å². The van der Waals surface area contributed by atoms with E-state index in [4.69, 9.17) is 34.8 Å². The summed E-state index contributed by atoms with van der Waals surface area (Å²) in [7, 11) is -3.87. The van der Waals surface area contributed by atoms with Gasteiger partial charge < -0.3 is 10.2 Å². The molecule has 0 bridgehead atoms. The molecule has 2 rings (SSSR count). The Morgan fingerprint density at radius 2 is 1.57 bits per heavy atom. The number of carbonyl (C=O) groups excluding carboxylic acids is 2. The summed E-state index contributed by atoms with van der Waals surface area (Å²) in [5, 5.41) is 3.86. The number of nitrogens with zero attached hydrogens (tertiary/aromatic N) is 2. The van der Waals surface area contributed by atoms with Gasteiger partial charge in [0, 0.05) is 33.7 Å². The van der Waals surface area contributed by atoms with E-state index < -0.39 is 28.5 Å². The SMILES string of the molecule is CCCNC(=O)[C@@H](CC)N(Cc1c(Cl)cccc1Cl)C(=O)CN(c1cccc(Cl)c1C)S(C)(=O)=O. The van der Waals surface area contributed by atoms with E-state index in [9.17, 15) is 18.0 Å². The van der Waals surface area contributed by atoms with Gasteiger partial charge in [-0.2, -0.15) is 0 Å². The fourth-order valence-electron chi connectivity index (χ4n) is 3.60. The average Bonchev–Trinajstić information content (AvgIpc) is 2.79. The van der Waals surface area contributed by atoms with E-state index in [-0.39, 0.29) is 18.1 Å². The van der Waals surface area contributed by atoms with Crippen molar-refractivity contribution in [2.75, 3.05) is 23.7 Å². The number of halogens is 3. The van der Waals surface area contributed by atoms with Crippen LogP contribution in [0.25, 0.3) is 0 Å². The number of nitrogens with one attached hydrogen (secondary N) is 1. The van der Waals surface area contributed by atoms with Gasteiger partial charge in [-0.3, -0.25) is 13.9 Å². The minimum absolute atomic E-state index is 0.0679. The van der Waals surface area contributed by atoms with Gasteiger partial charge in [0.2, 0.25) is 21.8 Å². The third-order valence-electron chi connectivity index (χ3n) is 5.51. The highest BCUT2D eigenvalue weighted by Gasteiger charge is 2.32. The third-order valence-corrected chi connectivity index (χ3v) is 7.76. The van der Waals surface area contributed by atoms with E-state index in [0.29, 0.717) is 39.2 Å². The minimum atomic E-state index is -3.87. The van der Waals surface area contributed by atoms with Gasteiger partial charge in [-0.15, -0.1) is 0 Å². The smallest absolute Gasteiger partial charge is 0.244 e. The highest BCUT2D eigenvalue weighted by molar-refractivity contribution is 7.92. The van der Waals surface area contributed by atoms with Crippen LogP contribution in [0.1, 0.15) is 37.8 Å². The van der Waals surface area contributed by atoms with Crippen LogP contribution in [0.3, 0.4) is 0 Å². The third kappa shape index (κ3) is 7.49. The lowest BCUT2D eigenvalue weighted by Crippen LogP contribution is -2.52. The predicted octanol–water partition coefficient (Wildman–Crippen LogP) is 5.05. The monoisotopic (exact) mass is 561 g/mol. The van der Waals surface area contributed by atoms with Crippen LogP contribution in [-0.2, 0) is 26.2 Å². The zero-order chi connectivity index (χ0) is 26.3. The number of carbonyl (C=O) groups is 2. The standard InChI is InChI=1S/C24H30Cl3N3O4S/c1-5-13-28-24(32)21(6-2)29(14-17-19(26)10-7-11-20(17)27)23(31)15-30(35(4,33)34)22-12-8-9-18(25)16(22)3/h7-12,21H,5-6,13-15H2,1-4H3,(H,28,32)/t21-/m1/s1. The van der Waals surface area contributed by atoms with Crippen molar-refractivity contribution in [2.24, 2.45) is 0 Å². The van der Waals surface area contributed by atoms with E-state index in [1.54, 1.807) is 50.2 Å². The van der Waals surface area contributed by atoms with Gasteiger partial charge in [0.15, 0.2) is 0 Å². The number of rotatable bonds is 11. The van der Waals surface area contributed by atoms with Crippen molar-refractivity contribution in [1.82, 2.24) is 10.2 Å². The van der Waals surface area contributed by atoms with Crippen molar-refractivity contribution in [3.63, 3.8) is 0 Å². The second kappa shape index (κ2) is 12.8. The molecule has 0 spiro atoms. The first-order chi connectivity index (χ1) is 16.4. The number of hydrogen-bond acceptors (Lipinski definition) is 4. The molecule has 0 aliphatic heterocycles. The number of benzene rings is 2. The van der Waals surface area contributed by atoms with Crippen LogP contribution in [0, 0.1) is 6.92 Å². The molecule has 35 heavy (non-hydrogen) atoms. The van der Waals surface area contributed by atoms with E-state index in [1.807, 2.05) is 6.92 Å². The van der Waals surface area contributed by atoms with Crippen LogP contribution < -0.4 is 9.62 Å². The molecule has 0 fully saturated rings. The Labute approximate surface area is 222 Å². The van der Waals surface area contributed by atoms with Gasteiger partial charge >= 0.3 is 0 Å². The molecule has 0 saturated heterocycles. The molecule has 0 aliphatic carbocycles. The molecule has 192 valence electrons. The Morgan fingerprint density at radius 1 is 1.00 bits per heavy atom. The van der Waals surface area contributed by atoms with Crippen LogP contribution in [-0.4, -0.2) is 50.5 Å². The first-order valence-electron chi connectivity index (χ1n) is 11.1. The Bertz CT molecular complexity index is 1150. The van der Waals surface area contributed by atoms with E-state index in [1.165, 1.54) is 4.90 Å². The first kappa shape index (κ1) is 29.2. The van der Waals surface area contributed by atoms with Gasteiger partial charge in [0.05, 0.1) is 11.9 Å². The van der Waals surface area contributed by atoms with Crippen LogP contribution in [0.4, 0.5) is 5.69 Å². The van der Waals surface area contributed by atoms with Gasteiger partial charge in [-0.05, 0) is 49.6 Å². The lowest BCUT2D eigenvalue weighted by molar-refractivity contribution is -0.140. The molecular weight excluding hydrogens is 533 g/mol. The molecule has 0 saturated carbocycles. The lowest BCUT2D eigenvalue weighted by Gasteiger charge is -2.33. The first-order valence-corrected chi connectivity index (χ1v) is 14.1. The largest absolute Gasteiger partial charge is 0.354 e. The summed E-state index contributed by atoms with van der Waals surface area (Å²) < 4.78 is 26.4. The normalized spacial score (nSPS) is 12.2. The summed E-state index contributed by atoms with van der Waals surface area (Å²) >= 11 is 18.9. The Kier molecular flexibility index (Phi) is 10.7. The summed E-state index contributed by atoms with van der Waals surface area (Å²) in [4.78, 5) is 28.0. The number of hydrogen-bond donors (Lipinski definition) is 1. The van der Waals surface area contributed by atoms with E-state index in [2.05, 4.69) is 5.32 Å². The highest BCUT2D eigenvalue weighted by atomic mass is 35.5. The maximum atomic E-state index is 13.7. The molecular formula is C24H30Cl3N3O4S. The van der Waals surface area contributed by atoms with Crippen molar-refractivity contribution < 1.29 is 18.0 Å². The Hall–Kier alpha value is -2.00. The fourth-order valence-corrected chi connectivity index (χ4v) is 5.19. The molecule has 1 atom stereocenters. The summed E-state index contributed by atoms with van der Waals surface area (Å²) in [5.41, 5.74) is 1.27. The highest BCUT2D eigenvalue weighted by Crippen LogP contribution is 2.30. The molecule has 2 aromatic carbocycles. The summed E-state index contributed by atoms with van der Waals surface area (Å²) in [6, 6.07) is 8.93. The quantitative estimate of drug-likeness (QED) is 0.415. The van der Waals surface area contributed by atoms with Crippen molar-refractivity contribution in [3.05, 3.63) is 62.6 Å². The lowest BCUT2D eigenvalue weighted by atomic mass is 10.1. The van der Waals surface area contributed by atoms with Crippen LogP contribution >= 0.6 is 34.8 Å². The molecule has 2 amide bonds. The molecule has 11 heteroatoms. The summed E-state index contributed by atoms with van der Waals surface area (Å²) in [5.74, 6) is -0.917. The maximum Gasteiger partial charge on any atom is 0.244 e. The zero-order valence-corrected chi connectivity index (χ0v) is 23.2. The van der Waals surface area contributed by atoms with Crippen molar-refractivity contribution in [1.29, 1.82) is 0 Å². The van der Waals surface area contributed by atoms with Gasteiger partial charge in [-0.1, -0.05) is 60.8 Å².